The van der Waals surface area contributed by atoms with Gasteiger partial charge in [-0.1, -0.05) is 101 Å². The van der Waals surface area contributed by atoms with Gasteiger partial charge >= 0.3 is 0 Å². The Balaban J connectivity index is 1.34. The molecule has 0 aliphatic carbocycles. The van der Waals surface area contributed by atoms with Crippen molar-refractivity contribution >= 4 is 44.2 Å². The van der Waals surface area contributed by atoms with Crippen molar-refractivity contribution in [3.05, 3.63) is 54.1 Å². The van der Waals surface area contributed by atoms with E-state index < -0.39 is 0 Å². The van der Waals surface area contributed by atoms with E-state index in [9.17, 15) is 9.59 Å². The Morgan fingerprint density at radius 2 is 1.44 bits per heavy atom. The standard InChI is InChI=1S/C28H37N3O2S/c1-2-3-4-5-6-7-8-9-10-11-15-18-26(32)29-23-19-20-24-25(21-23)34-28(30-24)31-27(33)22-16-13-12-14-17-22/h12-14,16-17,19-21H,2-11,15,18H2,1H3,(H,29,32)(H,30,31,33). The van der Waals surface area contributed by atoms with E-state index in [-0.39, 0.29) is 11.8 Å². The van der Waals surface area contributed by atoms with Crippen LogP contribution in [-0.2, 0) is 4.79 Å². The quantitative estimate of drug-likeness (QED) is 0.216. The lowest BCUT2D eigenvalue weighted by Crippen LogP contribution is -2.11. The number of carbonyl (C=O) groups is 2. The van der Waals surface area contributed by atoms with E-state index >= 15 is 0 Å². The van der Waals surface area contributed by atoms with E-state index in [2.05, 4.69) is 22.5 Å². The largest absolute Gasteiger partial charge is 0.326 e. The molecule has 3 rings (SSSR count). The Labute approximate surface area is 207 Å². The average molecular weight is 480 g/mol. The van der Waals surface area contributed by atoms with E-state index in [1.807, 2.05) is 36.4 Å². The van der Waals surface area contributed by atoms with Gasteiger partial charge in [0.2, 0.25) is 5.91 Å². The summed E-state index contributed by atoms with van der Waals surface area (Å²) in [6.07, 6.45) is 14.6. The molecular weight excluding hydrogens is 442 g/mol. The monoisotopic (exact) mass is 479 g/mol. The topological polar surface area (TPSA) is 71.1 Å². The molecule has 34 heavy (non-hydrogen) atoms. The molecule has 1 heterocycles. The molecule has 0 fully saturated rings. The number of anilines is 2. The smallest absolute Gasteiger partial charge is 0.257 e. The van der Waals surface area contributed by atoms with Gasteiger partial charge in [-0.2, -0.15) is 0 Å². The maximum Gasteiger partial charge on any atom is 0.257 e. The highest BCUT2D eigenvalue weighted by atomic mass is 32.1. The van der Waals surface area contributed by atoms with E-state index in [0.717, 1.165) is 28.7 Å². The number of thiazole rings is 1. The number of hydrogen-bond acceptors (Lipinski definition) is 4. The molecule has 0 spiro atoms. The summed E-state index contributed by atoms with van der Waals surface area (Å²) in [6, 6.07) is 14.7. The van der Waals surface area contributed by atoms with Gasteiger partial charge in [0.25, 0.3) is 5.91 Å². The van der Waals surface area contributed by atoms with E-state index in [1.165, 1.54) is 69.1 Å². The first-order valence-corrected chi connectivity index (χ1v) is 13.5. The normalized spacial score (nSPS) is 11.0. The van der Waals surface area contributed by atoms with Crippen LogP contribution in [0.25, 0.3) is 10.2 Å². The predicted molar refractivity (Wildman–Crippen MR) is 144 cm³/mol. The summed E-state index contributed by atoms with van der Waals surface area (Å²) in [5, 5.41) is 6.40. The Kier molecular flexibility index (Phi) is 11.0. The van der Waals surface area contributed by atoms with Gasteiger partial charge in [-0.05, 0) is 36.8 Å². The van der Waals surface area contributed by atoms with Crippen LogP contribution in [0, 0.1) is 0 Å². The average Bonchev–Trinajstić information content (AvgIpc) is 3.24. The second-order valence-corrected chi connectivity index (χ2v) is 9.89. The number of nitrogens with one attached hydrogen (secondary N) is 2. The van der Waals surface area contributed by atoms with Gasteiger partial charge in [0.05, 0.1) is 10.2 Å². The Bertz CT molecular complexity index is 1030. The molecule has 0 radical (unpaired) electrons. The lowest BCUT2D eigenvalue weighted by Gasteiger charge is -2.05. The highest BCUT2D eigenvalue weighted by Gasteiger charge is 2.11. The molecule has 2 amide bonds. The van der Waals surface area contributed by atoms with Gasteiger partial charge in [-0.3, -0.25) is 14.9 Å². The van der Waals surface area contributed by atoms with Crippen LogP contribution in [0.2, 0.25) is 0 Å². The number of aromatic nitrogens is 1. The van der Waals surface area contributed by atoms with Crippen LogP contribution in [0.1, 0.15) is 94.3 Å². The van der Waals surface area contributed by atoms with Crippen LogP contribution in [0.4, 0.5) is 10.8 Å². The Morgan fingerprint density at radius 3 is 2.12 bits per heavy atom. The molecule has 0 aliphatic rings. The van der Waals surface area contributed by atoms with Crippen molar-refractivity contribution in [1.82, 2.24) is 4.98 Å². The second kappa shape index (κ2) is 14.5. The molecule has 3 aromatic rings. The third kappa shape index (κ3) is 8.90. The fourth-order valence-corrected chi connectivity index (χ4v) is 4.89. The SMILES string of the molecule is CCCCCCCCCCCCCC(=O)Nc1ccc2nc(NC(=O)c3ccccc3)sc2c1. The predicted octanol–water partition coefficient (Wildman–Crippen LogP) is 8.19. The van der Waals surface area contributed by atoms with Crippen molar-refractivity contribution in [3.63, 3.8) is 0 Å². The third-order valence-corrected chi connectivity index (χ3v) is 6.87. The minimum Gasteiger partial charge on any atom is -0.326 e. The fourth-order valence-electron chi connectivity index (χ4n) is 3.99. The first kappa shape index (κ1) is 25.9. The van der Waals surface area contributed by atoms with Crippen molar-refractivity contribution in [1.29, 1.82) is 0 Å². The molecule has 0 saturated carbocycles. The minimum atomic E-state index is -0.180. The number of benzene rings is 2. The first-order chi connectivity index (χ1) is 16.7. The Morgan fingerprint density at radius 1 is 0.794 bits per heavy atom. The maximum absolute atomic E-state index is 12.3. The van der Waals surface area contributed by atoms with Crippen LogP contribution in [0.3, 0.4) is 0 Å². The summed E-state index contributed by atoms with van der Waals surface area (Å²) in [6.45, 7) is 2.26. The van der Waals surface area contributed by atoms with Gasteiger partial charge in [0, 0.05) is 17.7 Å². The molecule has 0 bridgehead atoms. The number of amides is 2. The lowest BCUT2D eigenvalue weighted by atomic mass is 10.1. The second-order valence-electron chi connectivity index (χ2n) is 8.86. The molecule has 5 nitrogen and oxygen atoms in total. The van der Waals surface area contributed by atoms with Gasteiger partial charge in [0.15, 0.2) is 5.13 Å². The van der Waals surface area contributed by atoms with Crippen molar-refractivity contribution in [2.45, 2.75) is 84.0 Å². The van der Waals surface area contributed by atoms with Crippen LogP contribution >= 0.6 is 11.3 Å². The van der Waals surface area contributed by atoms with Crippen molar-refractivity contribution < 1.29 is 9.59 Å². The number of nitrogens with zero attached hydrogens (tertiary/aromatic N) is 1. The van der Waals surface area contributed by atoms with E-state index in [4.69, 9.17) is 0 Å². The number of hydrogen-bond donors (Lipinski definition) is 2. The Hall–Kier alpha value is -2.73. The zero-order valence-electron chi connectivity index (χ0n) is 20.3. The zero-order chi connectivity index (χ0) is 24.0. The van der Waals surface area contributed by atoms with Gasteiger partial charge in [0.1, 0.15) is 0 Å². The van der Waals surface area contributed by atoms with Crippen LogP contribution in [0.15, 0.2) is 48.5 Å². The summed E-state index contributed by atoms with van der Waals surface area (Å²) in [4.78, 5) is 29.2. The van der Waals surface area contributed by atoms with Gasteiger partial charge in [-0.25, -0.2) is 4.98 Å². The lowest BCUT2D eigenvalue weighted by molar-refractivity contribution is -0.116. The molecule has 182 valence electrons. The summed E-state index contributed by atoms with van der Waals surface area (Å²) in [5.74, 6) is -0.127. The maximum atomic E-state index is 12.3. The van der Waals surface area contributed by atoms with Gasteiger partial charge < -0.3 is 5.32 Å². The van der Waals surface area contributed by atoms with Crippen molar-refractivity contribution in [2.75, 3.05) is 10.6 Å². The summed E-state index contributed by atoms with van der Waals surface area (Å²) in [5.41, 5.74) is 2.17. The summed E-state index contributed by atoms with van der Waals surface area (Å²) < 4.78 is 0.927. The third-order valence-electron chi connectivity index (χ3n) is 5.94. The molecule has 0 unspecified atom stereocenters. The van der Waals surface area contributed by atoms with Crippen molar-refractivity contribution in [2.24, 2.45) is 0 Å². The molecule has 0 saturated heterocycles. The molecule has 2 N–H and O–H groups in total. The summed E-state index contributed by atoms with van der Waals surface area (Å²) in [7, 11) is 0. The first-order valence-electron chi connectivity index (χ1n) is 12.7. The number of unbranched alkanes of at least 4 members (excludes halogenated alkanes) is 10. The van der Waals surface area contributed by atoms with E-state index in [0.29, 0.717) is 17.1 Å². The summed E-state index contributed by atoms with van der Waals surface area (Å²) >= 11 is 1.40. The number of carbonyl (C=O) groups excluding carboxylic acids is 2. The van der Waals surface area contributed by atoms with Gasteiger partial charge in [-0.15, -0.1) is 0 Å². The highest BCUT2D eigenvalue weighted by molar-refractivity contribution is 7.22. The van der Waals surface area contributed by atoms with Crippen LogP contribution < -0.4 is 10.6 Å². The molecular formula is C28H37N3O2S. The molecule has 6 heteroatoms. The van der Waals surface area contributed by atoms with E-state index in [1.54, 1.807) is 12.1 Å². The fraction of sp³-hybridized carbons (Fsp3) is 0.464. The zero-order valence-corrected chi connectivity index (χ0v) is 21.1. The minimum absolute atomic E-state index is 0.0531. The number of fused-ring (bicyclic) bond motifs is 1. The van der Waals surface area contributed by atoms with Crippen molar-refractivity contribution in [3.8, 4) is 0 Å². The molecule has 0 aliphatic heterocycles. The van der Waals surface area contributed by atoms with Crippen LogP contribution in [0.5, 0.6) is 0 Å². The number of rotatable bonds is 15. The molecule has 2 aromatic carbocycles. The van der Waals surface area contributed by atoms with Crippen LogP contribution in [-0.4, -0.2) is 16.8 Å². The molecule has 1 aromatic heterocycles. The molecule has 0 atom stereocenters. The highest BCUT2D eigenvalue weighted by Crippen LogP contribution is 2.29.